The quantitative estimate of drug-likeness (QED) is 0.821. The Morgan fingerprint density at radius 1 is 0.950 bits per heavy atom. The molecule has 1 heteroatoms. The zero-order chi connectivity index (χ0) is 14.4. The van der Waals surface area contributed by atoms with Crippen molar-refractivity contribution in [2.24, 2.45) is 0 Å². The number of hydrogen-bond acceptors (Lipinski definition) is 1. The normalized spacial score (nSPS) is 21.8. The SMILES string of the molecule is CC(C)(C)c1ccc(C2(O)CCc3ccccc32)cc1. The van der Waals surface area contributed by atoms with Crippen molar-refractivity contribution in [2.45, 2.75) is 44.6 Å². The largest absolute Gasteiger partial charge is 0.380 e. The number of aliphatic hydroxyl groups is 1. The summed E-state index contributed by atoms with van der Waals surface area (Å²) in [6, 6.07) is 16.7. The minimum absolute atomic E-state index is 0.148. The van der Waals surface area contributed by atoms with Crippen LogP contribution in [-0.2, 0) is 17.4 Å². The second-order valence-corrected chi connectivity index (χ2v) is 6.84. The van der Waals surface area contributed by atoms with Crippen molar-refractivity contribution in [1.29, 1.82) is 0 Å². The van der Waals surface area contributed by atoms with Crippen LogP contribution in [0.15, 0.2) is 48.5 Å². The summed E-state index contributed by atoms with van der Waals surface area (Å²) >= 11 is 0. The Hall–Kier alpha value is -1.60. The molecule has 2 aromatic carbocycles. The summed E-state index contributed by atoms with van der Waals surface area (Å²) in [5, 5.41) is 11.1. The molecule has 1 aliphatic carbocycles. The Kier molecular flexibility index (Phi) is 2.98. The lowest BCUT2D eigenvalue weighted by molar-refractivity contribution is 0.0829. The summed E-state index contributed by atoms with van der Waals surface area (Å²) < 4.78 is 0. The maximum absolute atomic E-state index is 11.1. The molecular weight excluding hydrogens is 244 g/mol. The van der Waals surface area contributed by atoms with Crippen molar-refractivity contribution in [3.8, 4) is 0 Å². The zero-order valence-electron chi connectivity index (χ0n) is 12.5. The van der Waals surface area contributed by atoms with E-state index < -0.39 is 5.60 Å². The van der Waals surface area contributed by atoms with E-state index >= 15 is 0 Å². The zero-order valence-corrected chi connectivity index (χ0v) is 12.5. The summed E-state index contributed by atoms with van der Waals surface area (Å²) in [6.45, 7) is 6.63. The van der Waals surface area contributed by atoms with Gasteiger partial charge >= 0.3 is 0 Å². The van der Waals surface area contributed by atoms with E-state index in [1.807, 2.05) is 12.1 Å². The molecule has 1 unspecified atom stereocenters. The van der Waals surface area contributed by atoms with E-state index in [0.29, 0.717) is 0 Å². The highest BCUT2D eigenvalue weighted by molar-refractivity contribution is 5.45. The second-order valence-electron chi connectivity index (χ2n) is 6.84. The lowest BCUT2D eigenvalue weighted by atomic mass is 9.83. The number of rotatable bonds is 1. The Morgan fingerprint density at radius 3 is 2.25 bits per heavy atom. The minimum atomic E-state index is -0.812. The van der Waals surface area contributed by atoms with Gasteiger partial charge in [0.25, 0.3) is 0 Å². The van der Waals surface area contributed by atoms with Crippen molar-refractivity contribution in [2.75, 3.05) is 0 Å². The summed E-state index contributed by atoms with van der Waals surface area (Å²) in [5.41, 5.74) is 3.99. The Bertz CT molecular complexity index is 619. The number of aryl methyl sites for hydroxylation is 1. The van der Waals surface area contributed by atoms with Crippen molar-refractivity contribution in [3.05, 3.63) is 70.8 Å². The van der Waals surface area contributed by atoms with E-state index in [2.05, 4.69) is 57.2 Å². The molecule has 3 rings (SSSR count). The smallest absolute Gasteiger partial charge is 0.115 e. The van der Waals surface area contributed by atoms with E-state index in [4.69, 9.17) is 0 Å². The van der Waals surface area contributed by atoms with E-state index in [1.54, 1.807) is 0 Å². The molecule has 2 aromatic rings. The van der Waals surface area contributed by atoms with Gasteiger partial charge < -0.3 is 5.11 Å². The van der Waals surface area contributed by atoms with Gasteiger partial charge in [-0.1, -0.05) is 69.3 Å². The summed E-state index contributed by atoms with van der Waals surface area (Å²) in [5.74, 6) is 0. The van der Waals surface area contributed by atoms with Crippen LogP contribution in [-0.4, -0.2) is 5.11 Å². The third kappa shape index (κ3) is 2.06. The summed E-state index contributed by atoms with van der Waals surface area (Å²) in [7, 11) is 0. The van der Waals surface area contributed by atoms with E-state index in [1.165, 1.54) is 11.1 Å². The molecule has 1 N–H and O–H groups in total. The van der Waals surface area contributed by atoms with Gasteiger partial charge in [-0.2, -0.15) is 0 Å². The predicted molar refractivity (Wildman–Crippen MR) is 82.9 cm³/mol. The number of benzene rings is 2. The molecule has 0 saturated heterocycles. The van der Waals surface area contributed by atoms with Gasteiger partial charge in [0.15, 0.2) is 0 Å². The maximum atomic E-state index is 11.1. The molecule has 0 radical (unpaired) electrons. The van der Waals surface area contributed by atoms with Crippen LogP contribution in [0.1, 0.15) is 49.4 Å². The van der Waals surface area contributed by atoms with Crippen LogP contribution in [0.25, 0.3) is 0 Å². The molecule has 0 aliphatic heterocycles. The van der Waals surface area contributed by atoms with Crippen LogP contribution < -0.4 is 0 Å². The molecule has 1 nitrogen and oxygen atoms in total. The van der Waals surface area contributed by atoms with Crippen LogP contribution in [0.3, 0.4) is 0 Å². The lowest BCUT2D eigenvalue weighted by Gasteiger charge is -2.26. The minimum Gasteiger partial charge on any atom is -0.380 e. The molecular formula is C19H22O. The first-order valence-electron chi connectivity index (χ1n) is 7.33. The molecule has 0 amide bonds. The third-order valence-electron chi connectivity index (χ3n) is 4.45. The predicted octanol–water partition coefficient (Wildman–Crippen LogP) is 4.17. The molecule has 20 heavy (non-hydrogen) atoms. The molecule has 0 heterocycles. The van der Waals surface area contributed by atoms with Gasteiger partial charge in [-0.25, -0.2) is 0 Å². The number of hydrogen-bond donors (Lipinski definition) is 1. The first-order chi connectivity index (χ1) is 9.41. The van der Waals surface area contributed by atoms with Crippen LogP contribution in [0.5, 0.6) is 0 Å². The Morgan fingerprint density at radius 2 is 1.60 bits per heavy atom. The van der Waals surface area contributed by atoms with Crippen LogP contribution >= 0.6 is 0 Å². The second kappa shape index (κ2) is 4.46. The van der Waals surface area contributed by atoms with E-state index in [9.17, 15) is 5.11 Å². The molecule has 0 saturated carbocycles. The van der Waals surface area contributed by atoms with Gasteiger partial charge in [0, 0.05) is 0 Å². The molecule has 1 atom stereocenters. The molecule has 0 bridgehead atoms. The fourth-order valence-electron chi connectivity index (χ4n) is 3.14. The third-order valence-corrected chi connectivity index (χ3v) is 4.45. The van der Waals surface area contributed by atoms with Gasteiger partial charge in [-0.15, -0.1) is 0 Å². The Labute approximate surface area is 121 Å². The van der Waals surface area contributed by atoms with Gasteiger partial charge in [0.05, 0.1) is 0 Å². The van der Waals surface area contributed by atoms with Gasteiger partial charge in [-0.3, -0.25) is 0 Å². The molecule has 104 valence electrons. The topological polar surface area (TPSA) is 20.2 Å². The average molecular weight is 266 g/mol. The first kappa shape index (κ1) is 13.4. The lowest BCUT2D eigenvalue weighted by Crippen LogP contribution is -2.24. The average Bonchev–Trinajstić information content (AvgIpc) is 2.78. The molecule has 0 fully saturated rings. The highest BCUT2D eigenvalue weighted by Gasteiger charge is 2.37. The van der Waals surface area contributed by atoms with Crippen molar-refractivity contribution >= 4 is 0 Å². The van der Waals surface area contributed by atoms with Crippen LogP contribution in [0.4, 0.5) is 0 Å². The van der Waals surface area contributed by atoms with Crippen molar-refractivity contribution in [1.82, 2.24) is 0 Å². The molecule has 0 aromatic heterocycles. The highest BCUT2D eigenvalue weighted by Crippen LogP contribution is 2.42. The van der Waals surface area contributed by atoms with Crippen LogP contribution in [0.2, 0.25) is 0 Å². The summed E-state index contributed by atoms with van der Waals surface area (Å²) in [4.78, 5) is 0. The fraction of sp³-hybridized carbons (Fsp3) is 0.368. The van der Waals surface area contributed by atoms with Gasteiger partial charge in [0.1, 0.15) is 5.60 Å². The fourth-order valence-corrected chi connectivity index (χ4v) is 3.14. The van der Waals surface area contributed by atoms with Gasteiger partial charge in [-0.05, 0) is 40.5 Å². The maximum Gasteiger partial charge on any atom is 0.115 e. The number of fused-ring (bicyclic) bond motifs is 1. The molecule has 1 aliphatic rings. The standard InChI is InChI=1S/C19H22O/c1-18(2,3)15-8-10-16(11-9-15)19(20)13-12-14-6-4-5-7-17(14)19/h4-11,20H,12-13H2,1-3H3. The Balaban J connectivity index is 2.02. The van der Waals surface area contributed by atoms with E-state index in [0.717, 1.165) is 24.0 Å². The van der Waals surface area contributed by atoms with Gasteiger partial charge in [0.2, 0.25) is 0 Å². The summed E-state index contributed by atoms with van der Waals surface area (Å²) in [6.07, 6.45) is 1.73. The molecule has 0 spiro atoms. The van der Waals surface area contributed by atoms with Crippen LogP contribution in [0, 0.1) is 0 Å². The first-order valence-corrected chi connectivity index (χ1v) is 7.33. The van der Waals surface area contributed by atoms with Crippen molar-refractivity contribution in [3.63, 3.8) is 0 Å². The van der Waals surface area contributed by atoms with Crippen molar-refractivity contribution < 1.29 is 5.11 Å². The van der Waals surface area contributed by atoms with E-state index in [-0.39, 0.29) is 5.41 Å². The monoisotopic (exact) mass is 266 g/mol. The highest BCUT2D eigenvalue weighted by atomic mass is 16.3.